The molecule has 2 aromatic rings. The second kappa shape index (κ2) is 6.25. The van der Waals surface area contributed by atoms with Crippen molar-refractivity contribution in [2.45, 2.75) is 20.4 Å². The van der Waals surface area contributed by atoms with Crippen LogP contribution in [0.1, 0.15) is 19.4 Å². The van der Waals surface area contributed by atoms with Gasteiger partial charge in [0.2, 0.25) is 0 Å². The number of rotatable bonds is 6. The van der Waals surface area contributed by atoms with E-state index in [0.717, 1.165) is 24.4 Å². The second-order valence-corrected chi connectivity index (χ2v) is 6.17. The molecule has 0 unspecified atom stereocenters. The minimum atomic E-state index is -0.0760. The number of hydrogen-bond donors (Lipinski definition) is 1. The van der Waals surface area contributed by atoms with Crippen molar-refractivity contribution >= 4 is 0 Å². The molecule has 20 heavy (non-hydrogen) atoms. The summed E-state index contributed by atoms with van der Waals surface area (Å²) in [6, 6.07) is 12.3. The van der Waals surface area contributed by atoms with Gasteiger partial charge in [-0.2, -0.15) is 0 Å². The van der Waals surface area contributed by atoms with Crippen LogP contribution in [-0.4, -0.2) is 30.2 Å². The van der Waals surface area contributed by atoms with Crippen LogP contribution in [0.3, 0.4) is 0 Å². The fraction of sp³-hybridized carbons (Fsp3) is 0.412. The normalized spacial score (nSPS) is 12.1. The summed E-state index contributed by atoms with van der Waals surface area (Å²) in [5.41, 5.74) is 2.27. The lowest BCUT2D eigenvalue weighted by Gasteiger charge is -2.28. The Morgan fingerprint density at radius 2 is 2.00 bits per heavy atom. The van der Waals surface area contributed by atoms with Crippen molar-refractivity contribution < 1.29 is 9.52 Å². The van der Waals surface area contributed by atoms with Gasteiger partial charge >= 0.3 is 0 Å². The molecule has 2 rings (SSSR count). The van der Waals surface area contributed by atoms with E-state index < -0.39 is 0 Å². The topological polar surface area (TPSA) is 36.6 Å². The van der Waals surface area contributed by atoms with E-state index in [-0.39, 0.29) is 12.0 Å². The fourth-order valence-corrected chi connectivity index (χ4v) is 2.41. The van der Waals surface area contributed by atoms with Crippen LogP contribution in [0.2, 0.25) is 0 Å². The molecule has 3 nitrogen and oxygen atoms in total. The summed E-state index contributed by atoms with van der Waals surface area (Å²) in [6.45, 7) is 6.06. The molecular weight excluding hydrogens is 250 g/mol. The minimum Gasteiger partial charge on any atom is -0.464 e. The maximum atomic E-state index is 9.34. The van der Waals surface area contributed by atoms with Gasteiger partial charge in [0.25, 0.3) is 0 Å². The summed E-state index contributed by atoms with van der Waals surface area (Å²) < 4.78 is 5.43. The van der Waals surface area contributed by atoms with E-state index in [9.17, 15) is 5.11 Å². The van der Waals surface area contributed by atoms with E-state index in [1.165, 1.54) is 5.56 Å². The molecule has 0 atom stereocenters. The highest BCUT2D eigenvalue weighted by Crippen LogP contribution is 2.22. The molecule has 0 aliphatic rings. The van der Waals surface area contributed by atoms with Gasteiger partial charge in [0.05, 0.1) is 6.26 Å². The first-order chi connectivity index (χ1) is 9.50. The predicted octanol–water partition coefficient (Wildman–Crippen LogP) is 3.40. The van der Waals surface area contributed by atoms with Gasteiger partial charge in [-0.3, -0.25) is 0 Å². The zero-order valence-corrected chi connectivity index (χ0v) is 12.5. The number of aliphatic hydroxyl groups is 1. The van der Waals surface area contributed by atoms with E-state index in [0.29, 0.717) is 0 Å². The molecule has 0 spiro atoms. The quantitative estimate of drug-likeness (QED) is 0.876. The number of benzene rings is 1. The van der Waals surface area contributed by atoms with Gasteiger partial charge in [0, 0.05) is 30.7 Å². The largest absolute Gasteiger partial charge is 0.464 e. The SMILES string of the molecule is CN(Cc1cccc(-c2ccco2)c1)CC(C)(C)CO. The summed E-state index contributed by atoms with van der Waals surface area (Å²) in [4.78, 5) is 2.23. The lowest BCUT2D eigenvalue weighted by atomic mass is 9.94. The summed E-state index contributed by atoms with van der Waals surface area (Å²) in [6.07, 6.45) is 1.69. The highest BCUT2D eigenvalue weighted by molar-refractivity contribution is 5.58. The van der Waals surface area contributed by atoms with Crippen LogP contribution in [-0.2, 0) is 6.54 Å². The number of hydrogen-bond acceptors (Lipinski definition) is 3. The highest BCUT2D eigenvalue weighted by Gasteiger charge is 2.18. The maximum Gasteiger partial charge on any atom is 0.133 e. The van der Waals surface area contributed by atoms with Crippen molar-refractivity contribution in [1.29, 1.82) is 0 Å². The Hall–Kier alpha value is -1.58. The smallest absolute Gasteiger partial charge is 0.133 e. The lowest BCUT2D eigenvalue weighted by Crippen LogP contribution is -2.33. The Kier molecular flexibility index (Phi) is 4.63. The van der Waals surface area contributed by atoms with E-state index in [4.69, 9.17) is 4.42 Å². The molecule has 3 heteroatoms. The first-order valence-corrected chi connectivity index (χ1v) is 6.92. The molecule has 108 valence electrons. The van der Waals surface area contributed by atoms with Crippen LogP contribution >= 0.6 is 0 Å². The predicted molar refractivity (Wildman–Crippen MR) is 81.3 cm³/mol. The molecule has 0 amide bonds. The van der Waals surface area contributed by atoms with Gasteiger partial charge in [0.15, 0.2) is 0 Å². The molecule has 1 N–H and O–H groups in total. The summed E-state index contributed by atoms with van der Waals surface area (Å²) in [5, 5.41) is 9.34. The van der Waals surface area contributed by atoms with Crippen molar-refractivity contribution in [3.8, 4) is 11.3 Å². The average Bonchev–Trinajstić information content (AvgIpc) is 2.92. The van der Waals surface area contributed by atoms with E-state index in [1.54, 1.807) is 6.26 Å². The molecule has 1 aromatic carbocycles. The monoisotopic (exact) mass is 273 g/mol. The Morgan fingerprint density at radius 3 is 2.65 bits per heavy atom. The van der Waals surface area contributed by atoms with E-state index >= 15 is 0 Å². The Bertz CT molecular complexity index is 532. The zero-order chi connectivity index (χ0) is 14.6. The molecule has 0 saturated carbocycles. The number of furan rings is 1. The third kappa shape index (κ3) is 3.95. The van der Waals surface area contributed by atoms with E-state index in [2.05, 4.69) is 50.1 Å². The van der Waals surface area contributed by atoms with Gasteiger partial charge in [-0.1, -0.05) is 32.0 Å². The minimum absolute atomic E-state index is 0.0760. The van der Waals surface area contributed by atoms with Crippen LogP contribution in [0, 0.1) is 5.41 Å². The number of nitrogens with zero attached hydrogens (tertiary/aromatic N) is 1. The Balaban J connectivity index is 2.05. The van der Waals surface area contributed by atoms with Gasteiger partial charge < -0.3 is 14.4 Å². The molecule has 0 saturated heterocycles. The molecule has 0 fully saturated rings. The first kappa shape index (κ1) is 14.8. The summed E-state index contributed by atoms with van der Waals surface area (Å²) in [7, 11) is 2.08. The third-order valence-corrected chi connectivity index (χ3v) is 3.31. The lowest BCUT2D eigenvalue weighted by molar-refractivity contribution is 0.112. The van der Waals surface area contributed by atoms with Crippen LogP contribution < -0.4 is 0 Å². The van der Waals surface area contributed by atoms with Gasteiger partial charge in [-0.15, -0.1) is 0 Å². The van der Waals surface area contributed by atoms with Crippen molar-refractivity contribution in [1.82, 2.24) is 4.90 Å². The Morgan fingerprint density at radius 1 is 1.20 bits per heavy atom. The fourth-order valence-electron chi connectivity index (χ4n) is 2.41. The average molecular weight is 273 g/mol. The molecule has 0 radical (unpaired) electrons. The Labute approximate surface area is 120 Å². The van der Waals surface area contributed by atoms with Crippen LogP contribution in [0.4, 0.5) is 0 Å². The van der Waals surface area contributed by atoms with Crippen molar-refractivity contribution in [3.63, 3.8) is 0 Å². The van der Waals surface area contributed by atoms with Gasteiger partial charge in [-0.25, -0.2) is 0 Å². The third-order valence-electron chi connectivity index (χ3n) is 3.31. The number of aliphatic hydroxyl groups excluding tert-OH is 1. The van der Waals surface area contributed by atoms with Crippen LogP contribution in [0.25, 0.3) is 11.3 Å². The van der Waals surface area contributed by atoms with E-state index in [1.807, 2.05) is 12.1 Å². The molecular formula is C17H23NO2. The molecule has 0 aliphatic carbocycles. The van der Waals surface area contributed by atoms with Crippen molar-refractivity contribution in [2.24, 2.45) is 5.41 Å². The van der Waals surface area contributed by atoms with Crippen molar-refractivity contribution in [3.05, 3.63) is 48.2 Å². The highest BCUT2D eigenvalue weighted by atomic mass is 16.3. The van der Waals surface area contributed by atoms with Crippen LogP contribution in [0.15, 0.2) is 47.1 Å². The van der Waals surface area contributed by atoms with Gasteiger partial charge in [-0.05, 0) is 30.8 Å². The van der Waals surface area contributed by atoms with Crippen LogP contribution in [0.5, 0.6) is 0 Å². The second-order valence-electron chi connectivity index (χ2n) is 6.17. The van der Waals surface area contributed by atoms with Gasteiger partial charge in [0.1, 0.15) is 5.76 Å². The summed E-state index contributed by atoms with van der Waals surface area (Å²) in [5.74, 6) is 0.894. The molecule has 1 heterocycles. The van der Waals surface area contributed by atoms with Crippen molar-refractivity contribution in [2.75, 3.05) is 20.2 Å². The summed E-state index contributed by atoms with van der Waals surface area (Å²) >= 11 is 0. The first-order valence-electron chi connectivity index (χ1n) is 6.92. The molecule has 1 aromatic heterocycles. The zero-order valence-electron chi connectivity index (χ0n) is 12.5. The maximum absolute atomic E-state index is 9.34. The standard InChI is InChI=1S/C17H23NO2/c1-17(2,13-19)12-18(3)11-14-6-4-7-15(10-14)16-8-5-9-20-16/h4-10,19H,11-13H2,1-3H3. The molecule has 0 bridgehead atoms. The molecule has 0 aliphatic heterocycles.